The molecule has 1 fully saturated rings. The molecule has 3 amide bonds. The maximum Gasteiger partial charge on any atom is 0.321 e. The molecule has 1 aliphatic rings. The fourth-order valence-corrected chi connectivity index (χ4v) is 3.16. The van der Waals surface area contributed by atoms with Gasteiger partial charge in [-0.15, -0.1) is 0 Å². The average Bonchev–Trinajstić information content (AvgIpc) is 3.37. The molecule has 0 saturated carbocycles. The van der Waals surface area contributed by atoms with E-state index in [1.165, 1.54) is 5.56 Å². The lowest BCUT2D eigenvalue weighted by molar-refractivity contribution is -0.116. The van der Waals surface area contributed by atoms with E-state index in [2.05, 4.69) is 15.6 Å². The Morgan fingerprint density at radius 3 is 2.62 bits per heavy atom. The van der Waals surface area contributed by atoms with Gasteiger partial charge < -0.3 is 15.1 Å². The largest absolute Gasteiger partial charge is 0.441 e. The van der Waals surface area contributed by atoms with Gasteiger partial charge in [-0.25, -0.2) is 9.78 Å². The van der Waals surface area contributed by atoms with Crippen molar-refractivity contribution in [2.75, 3.05) is 23.3 Å². The second-order valence-corrected chi connectivity index (χ2v) is 6.96. The summed E-state index contributed by atoms with van der Waals surface area (Å²) in [6, 6.07) is 15.1. The molecule has 7 heteroatoms. The van der Waals surface area contributed by atoms with Crippen molar-refractivity contribution in [1.82, 2.24) is 10.3 Å². The van der Waals surface area contributed by atoms with Crippen LogP contribution >= 0.6 is 0 Å². The monoisotopic (exact) mass is 390 g/mol. The van der Waals surface area contributed by atoms with E-state index in [0.29, 0.717) is 36.8 Å². The number of benzene rings is 2. The maximum atomic E-state index is 12.2. The number of hydrogen-bond acceptors (Lipinski definition) is 4. The third kappa shape index (κ3) is 4.45. The van der Waals surface area contributed by atoms with Gasteiger partial charge in [-0.05, 0) is 31.2 Å². The molecule has 2 aromatic carbocycles. The first-order valence-corrected chi connectivity index (χ1v) is 9.55. The third-order valence-corrected chi connectivity index (χ3v) is 4.78. The van der Waals surface area contributed by atoms with E-state index in [1.807, 2.05) is 43.3 Å². The van der Waals surface area contributed by atoms with Crippen LogP contribution < -0.4 is 15.5 Å². The Hall–Kier alpha value is -3.61. The average molecular weight is 390 g/mol. The van der Waals surface area contributed by atoms with Crippen molar-refractivity contribution in [2.24, 2.45) is 0 Å². The molecule has 148 valence electrons. The number of aryl methyl sites for hydroxylation is 2. The van der Waals surface area contributed by atoms with Crippen molar-refractivity contribution in [2.45, 2.75) is 19.8 Å². The fraction of sp³-hybridized carbons (Fsp3) is 0.227. The van der Waals surface area contributed by atoms with Crippen LogP contribution in [0.2, 0.25) is 0 Å². The molecule has 29 heavy (non-hydrogen) atoms. The van der Waals surface area contributed by atoms with E-state index in [0.717, 1.165) is 11.3 Å². The number of amides is 3. The number of hydrogen-bond donors (Lipinski definition) is 2. The minimum Gasteiger partial charge on any atom is -0.441 e. The van der Waals surface area contributed by atoms with Gasteiger partial charge in [-0.2, -0.15) is 0 Å². The minimum atomic E-state index is -0.119. The summed E-state index contributed by atoms with van der Waals surface area (Å²) < 4.78 is 5.76. The van der Waals surface area contributed by atoms with Gasteiger partial charge in [0.05, 0.1) is 6.20 Å². The summed E-state index contributed by atoms with van der Waals surface area (Å²) in [7, 11) is 0. The molecule has 1 saturated heterocycles. The zero-order valence-electron chi connectivity index (χ0n) is 16.1. The van der Waals surface area contributed by atoms with Crippen LogP contribution in [0.1, 0.15) is 17.9 Å². The number of aromatic nitrogens is 1. The fourth-order valence-electron chi connectivity index (χ4n) is 3.16. The summed E-state index contributed by atoms with van der Waals surface area (Å²) in [6.45, 7) is 3.32. The van der Waals surface area contributed by atoms with Gasteiger partial charge in [0.2, 0.25) is 5.91 Å². The lowest BCUT2D eigenvalue weighted by Crippen LogP contribution is -2.27. The van der Waals surface area contributed by atoms with E-state index in [4.69, 9.17) is 4.42 Å². The summed E-state index contributed by atoms with van der Waals surface area (Å²) in [4.78, 5) is 29.9. The van der Waals surface area contributed by atoms with Crippen LogP contribution in [0.3, 0.4) is 0 Å². The molecule has 0 spiro atoms. The van der Waals surface area contributed by atoms with Crippen molar-refractivity contribution in [3.8, 4) is 11.3 Å². The lowest BCUT2D eigenvalue weighted by Gasteiger charge is -2.14. The van der Waals surface area contributed by atoms with Crippen molar-refractivity contribution >= 4 is 23.3 Å². The molecular weight excluding hydrogens is 368 g/mol. The van der Waals surface area contributed by atoms with Gasteiger partial charge in [0.15, 0.2) is 11.7 Å². The number of carbonyl (C=O) groups is 2. The molecule has 3 aromatic rings. The zero-order chi connectivity index (χ0) is 20.2. The Labute approximate surface area is 168 Å². The van der Waals surface area contributed by atoms with E-state index in [-0.39, 0.29) is 18.4 Å². The number of anilines is 2. The molecule has 4 rings (SSSR count). The summed E-state index contributed by atoms with van der Waals surface area (Å²) in [6.07, 6.45) is 2.37. The zero-order valence-corrected chi connectivity index (χ0v) is 16.1. The first-order valence-electron chi connectivity index (χ1n) is 9.55. The Morgan fingerprint density at radius 1 is 1.17 bits per heavy atom. The van der Waals surface area contributed by atoms with Crippen LogP contribution in [0.15, 0.2) is 59.1 Å². The number of rotatable bonds is 6. The van der Waals surface area contributed by atoms with Crippen molar-refractivity contribution < 1.29 is 14.0 Å². The van der Waals surface area contributed by atoms with Crippen LogP contribution in [0.25, 0.3) is 11.3 Å². The number of nitrogens with one attached hydrogen (secondary N) is 2. The molecule has 2 heterocycles. The van der Waals surface area contributed by atoms with Gasteiger partial charge in [0.1, 0.15) is 0 Å². The molecule has 0 unspecified atom stereocenters. The molecule has 2 N–H and O–H groups in total. The summed E-state index contributed by atoms with van der Waals surface area (Å²) in [5.74, 6) is 1.11. The number of urea groups is 1. The van der Waals surface area contributed by atoms with Gasteiger partial charge in [-0.1, -0.05) is 29.8 Å². The Balaban J connectivity index is 1.30. The maximum absolute atomic E-state index is 12.2. The van der Waals surface area contributed by atoms with Crippen LogP contribution in [0.5, 0.6) is 0 Å². The SMILES string of the molecule is Cc1ccc(-c2cnc(CCC(=O)Nc3ccc(N4CCNC4=O)cc3)o2)cc1. The van der Waals surface area contributed by atoms with Crippen LogP contribution in [-0.2, 0) is 11.2 Å². The number of nitrogens with zero attached hydrogens (tertiary/aromatic N) is 2. The highest BCUT2D eigenvalue weighted by Crippen LogP contribution is 2.22. The lowest BCUT2D eigenvalue weighted by atomic mass is 10.1. The van der Waals surface area contributed by atoms with E-state index < -0.39 is 0 Å². The third-order valence-electron chi connectivity index (χ3n) is 4.78. The molecule has 7 nitrogen and oxygen atoms in total. The Morgan fingerprint density at radius 2 is 1.93 bits per heavy atom. The molecule has 1 aromatic heterocycles. The van der Waals surface area contributed by atoms with E-state index in [9.17, 15) is 9.59 Å². The van der Waals surface area contributed by atoms with Gasteiger partial charge in [0, 0.05) is 42.9 Å². The molecule has 0 bridgehead atoms. The van der Waals surface area contributed by atoms with Gasteiger partial charge >= 0.3 is 6.03 Å². The van der Waals surface area contributed by atoms with Gasteiger partial charge in [0.25, 0.3) is 0 Å². The topological polar surface area (TPSA) is 87.5 Å². The quantitative estimate of drug-likeness (QED) is 0.671. The second kappa shape index (κ2) is 8.18. The Bertz CT molecular complexity index is 1010. The summed E-state index contributed by atoms with van der Waals surface area (Å²) in [5.41, 5.74) is 3.64. The predicted molar refractivity (Wildman–Crippen MR) is 111 cm³/mol. The highest BCUT2D eigenvalue weighted by Gasteiger charge is 2.20. The minimum absolute atomic E-state index is 0.0993. The van der Waals surface area contributed by atoms with Crippen molar-refractivity contribution in [1.29, 1.82) is 0 Å². The van der Waals surface area contributed by atoms with Crippen LogP contribution in [0, 0.1) is 6.92 Å². The van der Waals surface area contributed by atoms with Crippen molar-refractivity contribution in [3.63, 3.8) is 0 Å². The molecular formula is C22H22N4O3. The molecule has 0 radical (unpaired) electrons. The molecule has 0 atom stereocenters. The number of carbonyl (C=O) groups excluding carboxylic acids is 2. The smallest absolute Gasteiger partial charge is 0.321 e. The second-order valence-electron chi connectivity index (χ2n) is 6.96. The molecule has 1 aliphatic heterocycles. The van der Waals surface area contributed by atoms with Crippen molar-refractivity contribution in [3.05, 3.63) is 66.2 Å². The first kappa shape index (κ1) is 18.7. The predicted octanol–water partition coefficient (Wildman–Crippen LogP) is 3.75. The normalized spacial score (nSPS) is 13.4. The summed E-state index contributed by atoms with van der Waals surface area (Å²) >= 11 is 0. The number of oxazole rings is 1. The van der Waals surface area contributed by atoms with E-state index in [1.54, 1.807) is 23.2 Å². The van der Waals surface area contributed by atoms with Crippen LogP contribution in [0.4, 0.5) is 16.2 Å². The summed E-state index contributed by atoms with van der Waals surface area (Å²) in [5, 5.41) is 5.62. The first-order chi connectivity index (χ1) is 14.1. The van der Waals surface area contributed by atoms with Crippen LogP contribution in [-0.4, -0.2) is 30.0 Å². The Kier molecular flexibility index (Phi) is 5.29. The van der Waals surface area contributed by atoms with Gasteiger partial charge in [-0.3, -0.25) is 9.69 Å². The molecule has 0 aliphatic carbocycles. The highest BCUT2D eigenvalue weighted by atomic mass is 16.4. The highest BCUT2D eigenvalue weighted by molar-refractivity contribution is 5.95. The standard InChI is InChI=1S/C22H22N4O3/c1-15-2-4-16(5-3-15)19-14-24-21(29-19)11-10-20(27)25-17-6-8-18(9-7-17)26-13-12-23-22(26)28/h2-9,14H,10-13H2,1H3,(H,23,28)(H,25,27). The van der Waals surface area contributed by atoms with E-state index >= 15 is 0 Å².